The summed E-state index contributed by atoms with van der Waals surface area (Å²) < 4.78 is 11.7. The van der Waals surface area contributed by atoms with Crippen LogP contribution in [-0.4, -0.2) is 17.5 Å². The lowest BCUT2D eigenvalue weighted by Crippen LogP contribution is -2.29. The van der Waals surface area contributed by atoms with Crippen LogP contribution in [0.25, 0.3) is 11.0 Å². The van der Waals surface area contributed by atoms with E-state index in [0.717, 1.165) is 24.2 Å². The summed E-state index contributed by atoms with van der Waals surface area (Å²) in [4.78, 5) is 32.7. The topological polar surface area (TPSA) is 72.6 Å². The fourth-order valence-corrected chi connectivity index (χ4v) is 4.51. The standard InChI is InChI=1S/C24H20N2O4S/c1-2-3-13-29-16-10-8-15(9-11-16)20-19-21(27)17-6-4-5-7-18(17)30-22(19)23(28)26(20)24-25-12-14-31-24/h4-12,14,20H,2-3,13H2,1H3. The molecule has 1 amide bonds. The van der Waals surface area contributed by atoms with Gasteiger partial charge in [0.1, 0.15) is 11.3 Å². The number of benzene rings is 2. The van der Waals surface area contributed by atoms with Gasteiger partial charge in [-0.05, 0) is 36.2 Å². The van der Waals surface area contributed by atoms with E-state index >= 15 is 0 Å². The Hall–Kier alpha value is -3.45. The van der Waals surface area contributed by atoms with Crippen molar-refractivity contribution in [2.75, 3.05) is 11.5 Å². The van der Waals surface area contributed by atoms with Crippen molar-refractivity contribution in [1.82, 2.24) is 4.98 Å². The molecule has 0 aliphatic carbocycles. The van der Waals surface area contributed by atoms with Gasteiger partial charge in [0, 0.05) is 11.6 Å². The van der Waals surface area contributed by atoms with Crippen LogP contribution in [0.15, 0.2) is 69.3 Å². The van der Waals surface area contributed by atoms with Crippen LogP contribution in [0, 0.1) is 0 Å². The minimum absolute atomic E-state index is 0.0761. The Bertz CT molecular complexity index is 1300. The summed E-state index contributed by atoms with van der Waals surface area (Å²) >= 11 is 1.35. The average molecular weight is 433 g/mol. The first-order valence-corrected chi connectivity index (χ1v) is 11.1. The van der Waals surface area contributed by atoms with E-state index in [9.17, 15) is 9.59 Å². The summed E-state index contributed by atoms with van der Waals surface area (Å²) in [5, 5.41) is 2.78. The van der Waals surface area contributed by atoms with E-state index in [1.807, 2.05) is 24.3 Å². The number of rotatable bonds is 6. The third-order valence-electron chi connectivity index (χ3n) is 5.37. The molecule has 3 heterocycles. The molecule has 7 heteroatoms. The third kappa shape index (κ3) is 3.31. The molecule has 0 fully saturated rings. The van der Waals surface area contributed by atoms with Crippen molar-refractivity contribution in [1.29, 1.82) is 0 Å². The van der Waals surface area contributed by atoms with E-state index in [1.165, 1.54) is 11.3 Å². The number of thiazole rings is 1. The second kappa shape index (κ2) is 8.00. The number of nitrogens with zero attached hydrogens (tertiary/aromatic N) is 2. The van der Waals surface area contributed by atoms with Gasteiger partial charge >= 0.3 is 0 Å². The second-order valence-corrected chi connectivity index (χ2v) is 8.21. The van der Waals surface area contributed by atoms with Crippen molar-refractivity contribution in [2.24, 2.45) is 0 Å². The molecule has 2 aromatic heterocycles. The Morgan fingerprint density at radius 3 is 2.68 bits per heavy atom. The van der Waals surface area contributed by atoms with E-state index in [0.29, 0.717) is 28.3 Å². The van der Waals surface area contributed by atoms with Gasteiger partial charge in [-0.15, -0.1) is 11.3 Å². The van der Waals surface area contributed by atoms with E-state index in [-0.39, 0.29) is 17.1 Å². The number of carbonyl (C=O) groups excluding carboxylic acids is 1. The lowest BCUT2D eigenvalue weighted by atomic mass is 9.98. The maximum absolute atomic E-state index is 13.4. The van der Waals surface area contributed by atoms with Gasteiger partial charge in [-0.1, -0.05) is 37.6 Å². The molecule has 1 aliphatic rings. The Labute approximate surface area is 182 Å². The molecule has 5 rings (SSSR count). The highest BCUT2D eigenvalue weighted by atomic mass is 32.1. The molecule has 0 N–H and O–H groups in total. The van der Waals surface area contributed by atoms with E-state index in [2.05, 4.69) is 11.9 Å². The predicted molar refractivity (Wildman–Crippen MR) is 120 cm³/mol. The van der Waals surface area contributed by atoms with Crippen molar-refractivity contribution in [2.45, 2.75) is 25.8 Å². The van der Waals surface area contributed by atoms with Crippen molar-refractivity contribution >= 4 is 33.3 Å². The zero-order valence-electron chi connectivity index (χ0n) is 16.9. The largest absolute Gasteiger partial charge is 0.494 e. The minimum atomic E-state index is -0.612. The van der Waals surface area contributed by atoms with Gasteiger partial charge in [0.15, 0.2) is 10.6 Å². The molecule has 6 nitrogen and oxygen atoms in total. The number of hydrogen-bond acceptors (Lipinski definition) is 6. The lowest BCUT2D eigenvalue weighted by Gasteiger charge is -2.22. The van der Waals surface area contributed by atoms with Gasteiger partial charge < -0.3 is 9.15 Å². The van der Waals surface area contributed by atoms with Crippen LogP contribution >= 0.6 is 11.3 Å². The number of unbranched alkanes of at least 4 members (excludes halogenated alkanes) is 1. The molecule has 1 atom stereocenters. The number of para-hydroxylation sites is 1. The highest BCUT2D eigenvalue weighted by molar-refractivity contribution is 7.13. The zero-order chi connectivity index (χ0) is 21.4. The van der Waals surface area contributed by atoms with Crippen molar-refractivity contribution in [3.8, 4) is 5.75 Å². The molecule has 2 aromatic carbocycles. The van der Waals surface area contributed by atoms with Gasteiger partial charge in [-0.2, -0.15) is 0 Å². The highest BCUT2D eigenvalue weighted by Crippen LogP contribution is 2.42. The quantitative estimate of drug-likeness (QED) is 0.393. The maximum Gasteiger partial charge on any atom is 0.297 e. The van der Waals surface area contributed by atoms with Gasteiger partial charge in [0.2, 0.25) is 5.76 Å². The number of ether oxygens (including phenoxy) is 1. The van der Waals surface area contributed by atoms with Crippen molar-refractivity contribution in [3.05, 3.63) is 87.2 Å². The fourth-order valence-electron chi connectivity index (χ4n) is 3.85. The summed E-state index contributed by atoms with van der Waals surface area (Å²) in [6.07, 6.45) is 3.69. The van der Waals surface area contributed by atoms with Crippen LogP contribution in [0.3, 0.4) is 0 Å². The number of carbonyl (C=O) groups is 1. The maximum atomic E-state index is 13.4. The van der Waals surface area contributed by atoms with Crippen molar-refractivity contribution < 1.29 is 13.9 Å². The first kappa shape index (κ1) is 19.5. The Kier molecular flexibility index (Phi) is 5.03. The van der Waals surface area contributed by atoms with Crippen LogP contribution < -0.4 is 15.1 Å². The van der Waals surface area contributed by atoms with Crippen LogP contribution in [-0.2, 0) is 0 Å². The fraction of sp³-hybridized carbons (Fsp3) is 0.208. The number of aromatic nitrogens is 1. The highest BCUT2D eigenvalue weighted by Gasteiger charge is 2.44. The lowest BCUT2D eigenvalue weighted by molar-refractivity contribution is 0.0971. The van der Waals surface area contributed by atoms with E-state index in [4.69, 9.17) is 9.15 Å². The summed E-state index contributed by atoms with van der Waals surface area (Å²) in [6.45, 7) is 2.77. The van der Waals surface area contributed by atoms with Crippen LogP contribution in [0.5, 0.6) is 5.75 Å². The first-order chi connectivity index (χ1) is 15.2. The Morgan fingerprint density at radius 1 is 1.13 bits per heavy atom. The minimum Gasteiger partial charge on any atom is -0.494 e. The molecule has 1 unspecified atom stereocenters. The summed E-state index contributed by atoms with van der Waals surface area (Å²) in [7, 11) is 0. The molecule has 4 aromatic rings. The molecule has 31 heavy (non-hydrogen) atoms. The van der Waals surface area contributed by atoms with Gasteiger partial charge in [0.05, 0.1) is 23.6 Å². The normalized spacial score (nSPS) is 15.5. The molecule has 156 valence electrons. The molecule has 0 bridgehead atoms. The molecule has 0 spiro atoms. The molecular formula is C24H20N2O4S. The van der Waals surface area contributed by atoms with E-state index in [1.54, 1.807) is 40.7 Å². The van der Waals surface area contributed by atoms with Crippen LogP contribution in [0.1, 0.15) is 47.5 Å². The monoisotopic (exact) mass is 432 g/mol. The summed E-state index contributed by atoms with van der Waals surface area (Å²) in [5.74, 6) is 0.473. The van der Waals surface area contributed by atoms with Crippen LogP contribution in [0.4, 0.5) is 5.13 Å². The number of amides is 1. The third-order valence-corrected chi connectivity index (χ3v) is 6.14. The summed E-state index contributed by atoms with van der Waals surface area (Å²) in [6, 6.07) is 13.9. The first-order valence-electron chi connectivity index (χ1n) is 10.2. The van der Waals surface area contributed by atoms with Gasteiger partial charge in [-0.25, -0.2) is 4.98 Å². The average Bonchev–Trinajstić information content (AvgIpc) is 3.41. The number of fused-ring (bicyclic) bond motifs is 2. The van der Waals surface area contributed by atoms with E-state index < -0.39 is 6.04 Å². The van der Waals surface area contributed by atoms with Gasteiger partial charge in [0.25, 0.3) is 5.91 Å². The zero-order valence-corrected chi connectivity index (χ0v) is 17.7. The molecule has 1 aliphatic heterocycles. The predicted octanol–water partition coefficient (Wildman–Crippen LogP) is 5.18. The Balaban J connectivity index is 1.65. The molecule has 0 saturated heterocycles. The van der Waals surface area contributed by atoms with Gasteiger partial charge in [-0.3, -0.25) is 14.5 Å². The smallest absolute Gasteiger partial charge is 0.297 e. The summed E-state index contributed by atoms with van der Waals surface area (Å²) in [5.41, 5.74) is 1.35. The Morgan fingerprint density at radius 2 is 1.94 bits per heavy atom. The molecular weight excluding hydrogens is 412 g/mol. The van der Waals surface area contributed by atoms with Crippen LogP contribution in [0.2, 0.25) is 0 Å². The second-order valence-electron chi connectivity index (χ2n) is 7.33. The molecule has 0 saturated carbocycles. The SMILES string of the molecule is CCCCOc1ccc(C2c3c(oc4ccccc4c3=O)C(=O)N2c2nccs2)cc1. The number of anilines is 1. The van der Waals surface area contributed by atoms with Crippen molar-refractivity contribution in [3.63, 3.8) is 0 Å². The number of hydrogen-bond donors (Lipinski definition) is 0. The molecule has 0 radical (unpaired) electrons.